The lowest BCUT2D eigenvalue weighted by molar-refractivity contribution is 0.0661. The predicted molar refractivity (Wildman–Crippen MR) is 184 cm³/mol. The van der Waals surface area contributed by atoms with Crippen molar-refractivity contribution in [2.24, 2.45) is 0 Å². The number of benzene rings is 4. The molecule has 0 aromatic heterocycles. The zero-order chi connectivity index (χ0) is 32.8. The number of carbonyl (C=O) groups excluding carboxylic acids is 3. The van der Waals surface area contributed by atoms with Crippen molar-refractivity contribution in [3.05, 3.63) is 113 Å². The van der Waals surface area contributed by atoms with Crippen LogP contribution in [0.1, 0.15) is 42.2 Å². The van der Waals surface area contributed by atoms with Crippen molar-refractivity contribution >= 4 is 41.5 Å². The lowest BCUT2D eigenvalue weighted by Gasteiger charge is -2.33. The molecule has 4 aromatic carbocycles. The van der Waals surface area contributed by atoms with Crippen molar-refractivity contribution in [3.63, 3.8) is 0 Å². The molecule has 11 heteroatoms. The van der Waals surface area contributed by atoms with Gasteiger partial charge in [0.25, 0.3) is 17.7 Å². The van der Waals surface area contributed by atoms with Gasteiger partial charge >= 0.3 is 0 Å². The number of nitrogens with zero attached hydrogens (tertiary/aromatic N) is 3. The number of carbonyl (C=O) groups is 3. The van der Waals surface area contributed by atoms with Crippen molar-refractivity contribution in [3.8, 4) is 17.2 Å². The minimum Gasteiger partial charge on any atom is -0.507 e. The molecule has 47 heavy (non-hydrogen) atoms. The SMILES string of the molecule is COc1cc(C(=O)N(C)c2ccc(OCc3ccc(C)cc3C(=O)N3CCN(C)CC3)cc2)ccc1NC(=O)c1ccccc1O.Cl. The number of aryl methyl sites for hydroxylation is 1. The molecule has 0 radical (unpaired) electrons. The molecule has 3 amide bonds. The summed E-state index contributed by atoms with van der Waals surface area (Å²) in [6.07, 6.45) is 0. The van der Waals surface area contributed by atoms with E-state index in [0.29, 0.717) is 47.1 Å². The molecular formula is C36H39ClN4O6. The van der Waals surface area contributed by atoms with Gasteiger partial charge in [-0.05, 0) is 74.6 Å². The normalized spacial score (nSPS) is 12.9. The number of methoxy groups -OCH3 is 1. The Morgan fingerprint density at radius 2 is 1.60 bits per heavy atom. The Bertz CT molecular complexity index is 1740. The van der Waals surface area contributed by atoms with Gasteiger partial charge in [-0.2, -0.15) is 0 Å². The van der Waals surface area contributed by atoms with Crippen LogP contribution in [0.2, 0.25) is 0 Å². The average molecular weight is 659 g/mol. The summed E-state index contributed by atoms with van der Waals surface area (Å²) < 4.78 is 11.5. The van der Waals surface area contributed by atoms with E-state index in [0.717, 1.165) is 24.2 Å². The number of anilines is 2. The highest BCUT2D eigenvalue weighted by Crippen LogP contribution is 2.29. The standard InChI is InChI=1S/C36H38N4O6.ClH/c1-24-9-10-26(30(21-24)36(44)40-19-17-38(2)18-20-40)23-46-28-14-12-27(13-15-28)39(3)35(43)25-11-16-31(33(22-25)45-4)37-34(42)29-7-5-6-8-32(29)41;/h5-16,21-22,41H,17-20,23H2,1-4H3,(H,37,42);1H. The minimum atomic E-state index is -0.505. The second-order valence-corrected chi connectivity index (χ2v) is 11.3. The van der Waals surface area contributed by atoms with Crippen LogP contribution >= 0.6 is 12.4 Å². The number of rotatable bonds is 9. The molecule has 0 unspecified atom stereocenters. The zero-order valence-corrected chi connectivity index (χ0v) is 27.7. The summed E-state index contributed by atoms with van der Waals surface area (Å²) in [6.45, 7) is 5.31. The fraction of sp³-hybridized carbons (Fsp3) is 0.250. The van der Waals surface area contributed by atoms with Crippen molar-refractivity contribution in [1.82, 2.24) is 9.80 Å². The summed E-state index contributed by atoms with van der Waals surface area (Å²) in [6, 6.07) is 24.0. The van der Waals surface area contributed by atoms with Crippen LogP contribution < -0.4 is 19.7 Å². The molecule has 1 saturated heterocycles. The molecule has 1 heterocycles. The van der Waals surface area contributed by atoms with E-state index in [1.165, 1.54) is 24.1 Å². The number of aromatic hydroxyl groups is 1. The first-order chi connectivity index (χ1) is 22.1. The smallest absolute Gasteiger partial charge is 0.259 e. The Morgan fingerprint density at radius 1 is 0.894 bits per heavy atom. The Kier molecular flexibility index (Phi) is 11.5. The summed E-state index contributed by atoms with van der Waals surface area (Å²) >= 11 is 0. The third-order valence-electron chi connectivity index (χ3n) is 8.05. The van der Waals surface area contributed by atoms with Crippen LogP contribution in [0, 0.1) is 6.92 Å². The first kappa shape index (κ1) is 34.8. The highest BCUT2D eigenvalue weighted by atomic mass is 35.5. The Balaban J connectivity index is 0.00000500. The van der Waals surface area contributed by atoms with Crippen LogP contribution in [0.25, 0.3) is 0 Å². The van der Waals surface area contributed by atoms with Gasteiger partial charge in [0, 0.05) is 55.6 Å². The maximum absolute atomic E-state index is 13.4. The molecule has 0 bridgehead atoms. The van der Waals surface area contributed by atoms with E-state index in [-0.39, 0.29) is 42.1 Å². The number of para-hydroxylation sites is 1. The zero-order valence-electron chi connectivity index (χ0n) is 26.9. The van der Waals surface area contributed by atoms with Gasteiger partial charge in [0.15, 0.2) is 0 Å². The van der Waals surface area contributed by atoms with Gasteiger partial charge in [-0.25, -0.2) is 0 Å². The van der Waals surface area contributed by atoms with E-state index in [4.69, 9.17) is 9.47 Å². The summed E-state index contributed by atoms with van der Waals surface area (Å²) in [7, 11) is 5.18. The lowest BCUT2D eigenvalue weighted by Crippen LogP contribution is -2.47. The first-order valence-electron chi connectivity index (χ1n) is 15.0. The third-order valence-corrected chi connectivity index (χ3v) is 8.05. The molecule has 10 nitrogen and oxygen atoms in total. The molecule has 1 aliphatic heterocycles. The van der Waals surface area contributed by atoms with Crippen LogP contribution in [0.15, 0.2) is 84.9 Å². The number of ether oxygens (including phenoxy) is 2. The number of phenolic OH excluding ortho intramolecular Hbond substituents is 1. The fourth-order valence-electron chi connectivity index (χ4n) is 5.22. The topological polar surface area (TPSA) is 112 Å². The lowest BCUT2D eigenvalue weighted by atomic mass is 10.0. The average Bonchev–Trinajstić information content (AvgIpc) is 3.07. The van der Waals surface area contributed by atoms with Gasteiger partial charge in [-0.15, -0.1) is 12.4 Å². The number of nitrogens with one attached hydrogen (secondary N) is 1. The number of hydrogen-bond acceptors (Lipinski definition) is 7. The molecule has 4 aromatic rings. The predicted octanol–water partition coefficient (Wildman–Crippen LogP) is 5.63. The van der Waals surface area contributed by atoms with Crippen LogP contribution in [0.5, 0.6) is 17.2 Å². The second kappa shape index (κ2) is 15.5. The molecule has 0 spiro atoms. The van der Waals surface area contributed by atoms with Crippen molar-refractivity contribution in [1.29, 1.82) is 0 Å². The maximum Gasteiger partial charge on any atom is 0.259 e. The number of halogens is 1. The molecule has 246 valence electrons. The van der Waals surface area contributed by atoms with Crippen molar-refractivity contribution < 1.29 is 29.0 Å². The van der Waals surface area contributed by atoms with Gasteiger partial charge < -0.3 is 34.6 Å². The van der Waals surface area contributed by atoms with E-state index in [9.17, 15) is 19.5 Å². The minimum absolute atomic E-state index is 0. The molecular weight excluding hydrogens is 620 g/mol. The quantitative estimate of drug-likeness (QED) is 0.240. The Labute approximate surface area is 280 Å². The van der Waals surface area contributed by atoms with E-state index >= 15 is 0 Å². The number of amides is 3. The molecule has 0 saturated carbocycles. The van der Waals surface area contributed by atoms with Gasteiger partial charge in [0.1, 0.15) is 23.9 Å². The number of hydrogen-bond donors (Lipinski definition) is 2. The molecule has 0 aliphatic carbocycles. The van der Waals surface area contributed by atoms with Crippen LogP contribution in [-0.2, 0) is 6.61 Å². The monoisotopic (exact) mass is 658 g/mol. The summed E-state index contributed by atoms with van der Waals surface area (Å²) in [4.78, 5) is 45.0. The molecule has 5 rings (SSSR count). The van der Waals surface area contributed by atoms with Gasteiger partial charge in [-0.1, -0.05) is 29.8 Å². The van der Waals surface area contributed by atoms with Gasteiger partial charge in [0.05, 0.1) is 18.4 Å². The van der Waals surface area contributed by atoms with E-state index in [1.807, 2.05) is 30.0 Å². The first-order valence-corrected chi connectivity index (χ1v) is 15.0. The molecule has 0 atom stereocenters. The van der Waals surface area contributed by atoms with Crippen LogP contribution in [0.4, 0.5) is 11.4 Å². The van der Waals surface area contributed by atoms with Gasteiger partial charge in [-0.3, -0.25) is 14.4 Å². The molecule has 2 N–H and O–H groups in total. The largest absolute Gasteiger partial charge is 0.507 e. The summed E-state index contributed by atoms with van der Waals surface area (Å²) in [5.74, 6) is 0.00331. The molecule has 1 fully saturated rings. The highest BCUT2D eigenvalue weighted by molar-refractivity contribution is 6.09. The Hall–Kier alpha value is -5.06. The highest BCUT2D eigenvalue weighted by Gasteiger charge is 2.23. The Morgan fingerprint density at radius 3 is 2.28 bits per heavy atom. The maximum atomic E-state index is 13.4. The van der Waals surface area contributed by atoms with Gasteiger partial charge in [0.2, 0.25) is 0 Å². The van der Waals surface area contributed by atoms with E-state index < -0.39 is 5.91 Å². The van der Waals surface area contributed by atoms with E-state index in [2.05, 4.69) is 17.3 Å². The number of piperazine rings is 1. The van der Waals surface area contributed by atoms with Crippen molar-refractivity contribution in [2.45, 2.75) is 13.5 Å². The van der Waals surface area contributed by atoms with Crippen LogP contribution in [-0.4, -0.2) is 80.0 Å². The summed E-state index contributed by atoms with van der Waals surface area (Å²) in [5, 5.41) is 12.7. The molecule has 1 aliphatic rings. The van der Waals surface area contributed by atoms with Crippen molar-refractivity contribution in [2.75, 3.05) is 57.6 Å². The van der Waals surface area contributed by atoms with E-state index in [1.54, 1.807) is 61.6 Å². The number of likely N-dealkylation sites (N-methyl/N-ethyl adjacent to an activating group) is 1. The second-order valence-electron chi connectivity index (χ2n) is 11.3. The van der Waals surface area contributed by atoms with Crippen LogP contribution in [0.3, 0.4) is 0 Å². The summed E-state index contributed by atoms with van der Waals surface area (Å²) in [5.41, 5.74) is 3.98. The number of phenols is 1. The third kappa shape index (κ3) is 8.21. The fourth-order valence-corrected chi connectivity index (χ4v) is 5.22.